The quantitative estimate of drug-likeness (QED) is 0.615. The molecular weight excluding hydrogens is 326 g/mol. The van der Waals surface area contributed by atoms with E-state index in [1.54, 1.807) is 12.1 Å². The number of nitro groups is 1. The molecular formula is C14H10BrNO4. The van der Waals surface area contributed by atoms with E-state index in [0.29, 0.717) is 6.61 Å². The van der Waals surface area contributed by atoms with Gasteiger partial charge in [0.15, 0.2) is 0 Å². The average molecular weight is 336 g/mol. The summed E-state index contributed by atoms with van der Waals surface area (Å²) in [7, 11) is 0. The molecule has 5 nitrogen and oxygen atoms in total. The molecule has 1 aliphatic heterocycles. The van der Waals surface area contributed by atoms with E-state index >= 15 is 0 Å². The first-order chi connectivity index (χ1) is 9.63. The molecule has 0 N–H and O–H groups in total. The van der Waals surface area contributed by atoms with Crippen LogP contribution in [0, 0.1) is 10.1 Å². The van der Waals surface area contributed by atoms with Crippen LogP contribution in [-0.4, -0.2) is 4.92 Å². The highest BCUT2D eigenvalue weighted by Crippen LogP contribution is 2.34. The normalized spacial score (nSPS) is 17.1. The van der Waals surface area contributed by atoms with Gasteiger partial charge in [-0.2, -0.15) is 0 Å². The SMILES string of the molecule is O=[N+]([O-])c1ccc(C2OCc3cc(Br)ccc3O2)cc1. The van der Waals surface area contributed by atoms with Crippen molar-refractivity contribution < 1.29 is 14.4 Å². The van der Waals surface area contributed by atoms with Crippen LogP contribution < -0.4 is 4.74 Å². The Morgan fingerprint density at radius 1 is 1.20 bits per heavy atom. The molecule has 0 saturated carbocycles. The minimum atomic E-state index is -0.538. The van der Waals surface area contributed by atoms with E-state index in [9.17, 15) is 10.1 Å². The fourth-order valence-corrected chi connectivity index (χ4v) is 2.42. The summed E-state index contributed by atoms with van der Waals surface area (Å²) < 4.78 is 12.4. The van der Waals surface area contributed by atoms with Gasteiger partial charge < -0.3 is 9.47 Å². The molecule has 1 atom stereocenters. The van der Waals surface area contributed by atoms with Crippen LogP contribution in [0.2, 0.25) is 0 Å². The maximum absolute atomic E-state index is 10.6. The summed E-state index contributed by atoms with van der Waals surface area (Å²) in [6.07, 6.45) is -0.538. The molecule has 102 valence electrons. The van der Waals surface area contributed by atoms with E-state index in [1.165, 1.54) is 12.1 Å². The number of nitro benzene ring substituents is 1. The fraction of sp³-hybridized carbons (Fsp3) is 0.143. The molecule has 1 unspecified atom stereocenters. The lowest BCUT2D eigenvalue weighted by molar-refractivity contribution is -0.384. The summed E-state index contributed by atoms with van der Waals surface area (Å²) in [6.45, 7) is 0.441. The van der Waals surface area contributed by atoms with E-state index in [2.05, 4.69) is 15.9 Å². The molecule has 0 bridgehead atoms. The van der Waals surface area contributed by atoms with Crippen LogP contribution in [0.3, 0.4) is 0 Å². The maximum atomic E-state index is 10.6. The fourth-order valence-electron chi connectivity index (χ4n) is 2.01. The topological polar surface area (TPSA) is 61.6 Å². The second-order valence-electron chi connectivity index (χ2n) is 4.36. The zero-order valence-electron chi connectivity index (χ0n) is 10.3. The lowest BCUT2D eigenvalue weighted by atomic mass is 10.1. The number of hydrogen-bond donors (Lipinski definition) is 0. The third-order valence-electron chi connectivity index (χ3n) is 3.02. The van der Waals surface area contributed by atoms with E-state index in [0.717, 1.165) is 21.3 Å². The molecule has 0 aliphatic carbocycles. The molecule has 3 rings (SSSR count). The molecule has 0 fully saturated rings. The lowest BCUT2D eigenvalue weighted by Gasteiger charge is -2.26. The van der Waals surface area contributed by atoms with Gasteiger partial charge in [0.1, 0.15) is 5.75 Å². The Kier molecular flexibility index (Phi) is 3.42. The van der Waals surface area contributed by atoms with E-state index in [4.69, 9.17) is 9.47 Å². The number of hydrogen-bond acceptors (Lipinski definition) is 4. The molecule has 2 aromatic carbocycles. The second-order valence-corrected chi connectivity index (χ2v) is 5.28. The predicted molar refractivity (Wildman–Crippen MR) is 75.4 cm³/mol. The molecule has 0 saturated heterocycles. The molecule has 6 heteroatoms. The Morgan fingerprint density at radius 2 is 1.95 bits per heavy atom. The van der Waals surface area contributed by atoms with Gasteiger partial charge in [0.25, 0.3) is 5.69 Å². The van der Waals surface area contributed by atoms with Crippen molar-refractivity contribution in [1.82, 2.24) is 0 Å². The smallest absolute Gasteiger partial charge is 0.269 e. The molecule has 2 aromatic rings. The zero-order chi connectivity index (χ0) is 14.1. The van der Waals surface area contributed by atoms with Crippen molar-refractivity contribution in [2.75, 3.05) is 0 Å². The number of non-ortho nitro benzene ring substituents is 1. The Balaban J connectivity index is 1.83. The molecule has 20 heavy (non-hydrogen) atoms. The molecule has 0 spiro atoms. The molecule has 0 amide bonds. The van der Waals surface area contributed by atoms with Crippen LogP contribution >= 0.6 is 15.9 Å². The summed E-state index contributed by atoms with van der Waals surface area (Å²) >= 11 is 3.40. The first-order valence-corrected chi connectivity index (χ1v) is 6.74. The zero-order valence-corrected chi connectivity index (χ0v) is 11.9. The number of halogens is 1. The average Bonchev–Trinajstić information content (AvgIpc) is 2.47. The van der Waals surface area contributed by atoms with Crippen molar-refractivity contribution in [2.45, 2.75) is 12.9 Å². The molecule has 1 heterocycles. The van der Waals surface area contributed by atoms with Crippen LogP contribution in [0.5, 0.6) is 5.75 Å². The van der Waals surface area contributed by atoms with Crippen molar-refractivity contribution >= 4 is 21.6 Å². The highest BCUT2D eigenvalue weighted by Gasteiger charge is 2.22. The maximum Gasteiger partial charge on any atom is 0.269 e. The number of nitrogens with zero attached hydrogens (tertiary/aromatic N) is 1. The first kappa shape index (κ1) is 13.1. The number of rotatable bonds is 2. The standard InChI is InChI=1S/C14H10BrNO4/c15-11-3-6-13-10(7-11)8-19-14(20-13)9-1-4-12(5-2-9)16(17)18/h1-7,14H,8H2. The van der Waals surface area contributed by atoms with Crippen LogP contribution in [0.4, 0.5) is 5.69 Å². The van der Waals surface area contributed by atoms with Crippen molar-refractivity contribution in [3.05, 3.63) is 68.2 Å². The number of benzene rings is 2. The Bertz CT molecular complexity index is 657. The van der Waals surface area contributed by atoms with Crippen molar-refractivity contribution in [3.63, 3.8) is 0 Å². The highest BCUT2D eigenvalue weighted by atomic mass is 79.9. The summed E-state index contributed by atoms with van der Waals surface area (Å²) in [5.74, 6) is 0.766. The van der Waals surface area contributed by atoms with Crippen LogP contribution in [0.25, 0.3) is 0 Å². The van der Waals surface area contributed by atoms with Gasteiger partial charge in [-0.1, -0.05) is 15.9 Å². The van der Waals surface area contributed by atoms with E-state index in [1.807, 2.05) is 18.2 Å². The Hall–Kier alpha value is -1.92. The summed E-state index contributed by atoms with van der Waals surface area (Å²) in [5.41, 5.74) is 1.77. The Morgan fingerprint density at radius 3 is 2.65 bits per heavy atom. The molecule has 0 aromatic heterocycles. The third-order valence-corrected chi connectivity index (χ3v) is 3.52. The van der Waals surface area contributed by atoms with Crippen LogP contribution in [0.15, 0.2) is 46.9 Å². The molecule has 0 radical (unpaired) electrons. The van der Waals surface area contributed by atoms with E-state index in [-0.39, 0.29) is 5.69 Å². The van der Waals surface area contributed by atoms with Gasteiger partial charge in [-0.25, -0.2) is 0 Å². The lowest BCUT2D eigenvalue weighted by Crippen LogP contribution is -2.17. The van der Waals surface area contributed by atoms with Crippen molar-refractivity contribution in [3.8, 4) is 5.75 Å². The van der Waals surface area contributed by atoms with Crippen molar-refractivity contribution in [2.24, 2.45) is 0 Å². The van der Waals surface area contributed by atoms with Gasteiger partial charge in [-0.05, 0) is 30.3 Å². The second kappa shape index (κ2) is 5.22. The predicted octanol–water partition coefficient (Wildman–Crippen LogP) is 3.97. The minimum absolute atomic E-state index is 0.0499. The van der Waals surface area contributed by atoms with Gasteiger partial charge in [0.2, 0.25) is 6.29 Å². The van der Waals surface area contributed by atoms with Gasteiger partial charge in [0, 0.05) is 27.7 Å². The summed E-state index contributed by atoms with van der Waals surface area (Å²) in [6, 6.07) is 11.9. The van der Waals surface area contributed by atoms with Gasteiger partial charge in [-0.3, -0.25) is 10.1 Å². The van der Waals surface area contributed by atoms with Gasteiger partial charge >= 0.3 is 0 Å². The van der Waals surface area contributed by atoms with Crippen LogP contribution in [0.1, 0.15) is 17.4 Å². The summed E-state index contributed by atoms with van der Waals surface area (Å²) in [4.78, 5) is 10.2. The van der Waals surface area contributed by atoms with Gasteiger partial charge in [-0.15, -0.1) is 0 Å². The monoisotopic (exact) mass is 335 g/mol. The number of fused-ring (bicyclic) bond motifs is 1. The first-order valence-electron chi connectivity index (χ1n) is 5.94. The van der Waals surface area contributed by atoms with Crippen LogP contribution in [-0.2, 0) is 11.3 Å². The third kappa shape index (κ3) is 2.52. The highest BCUT2D eigenvalue weighted by molar-refractivity contribution is 9.10. The largest absolute Gasteiger partial charge is 0.460 e. The number of ether oxygens (including phenoxy) is 2. The molecule has 1 aliphatic rings. The van der Waals surface area contributed by atoms with Gasteiger partial charge in [0.05, 0.1) is 11.5 Å². The summed E-state index contributed by atoms with van der Waals surface area (Å²) in [5, 5.41) is 10.6. The minimum Gasteiger partial charge on any atom is -0.460 e. The van der Waals surface area contributed by atoms with E-state index < -0.39 is 11.2 Å². The Labute approximate surface area is 123 Å². The van der Waals surface area contributed by atoms with Crippen molar-refractivity contribution in [1.29, 1.82) is 0 Å².